The minimum atomic E-state index is -1.74. The third kappa shape index (κ3) is 22.4. The number of aliphatic hydroxyl groups excluding tert-OH is 4. The predicted octanol–water partition coefficient (Wildman–Crippen LogP) is 6.55. The Labute approximate surface area is 320 Å². The molecule has 1 heterocycles. The number of nitrogens with one attached hydrogen (secondary N) is 1. The average molecular weight is 760 g/mol. The van der Waals surface area contributed by atoms with Gasteiger partial charge in [0.1, 0.15) is 18.3 Å². The molecule has 0 bridgehead atoms. The van der Waals surface area contributed by atoms with E-state index in [2.05, 4.69) is 19.2 Å². The van der Waals surface area contributed by atoms with E-state index in [0.717, 1.165) is 59.0 Å². The molecule has 0 aromatic carbocycles. The maximum Gasteiger partial charge on any atom is 0.339 e. The second-order valence-corrected chi connectivity index (χ2v) is 15.0. The van der Waals surface area contributed by atoms with Crippen LogP contribution in [0, 0.1) is 0 Å². The summed E-state index contributed by atoms with van der Waals surface area (Å²) in [5.74, 6) is -2.38. The van der Waals surface area contributed by atoms with Gasteiger partial charge in [0.25, 0.3) is 0 Å². The zero-order chi connectivity index (χ0) is 39.3. The van der Waals surface area contributed by atoms with Crippen LogP contribution in [-0.4, -0.2) is 101 Å². The van der Waals surface area contributed by atoms with Crippen LogP contribution in [0.4, 0.5) is 0 Å². The van der Waals surface area contributed by atoms with Crippen molar-refractivity contribution in [2.45, 2.75) is 230 Å². The summed E-state index contributed by atoms with van der Waals surface area (Å²) in [6, 6.07) is -0.974. The van der Waals surface area contributed by atoms with Gasteiger partial charge in [-0.25, -0.2) is 4.79 Å². The van der Waals surface area contributed by atoms with Gasteiger partial charge in [0, 0.05) is 6.92 Å². The summed E-state index contributed by atoms with van der Waals surface area (Å²) >= 11 is 0. The topological polar surface area (TPSA) is 181 Å². The van der Waals surface area contributed by atoms with Crippen LogP contribution in [0.1, 0.15) is 181 Å². The number of esters is 2. The van der Waals surface area contributed by atoms with Gasteiger partial charge in [-0.2, -0.15) is 0 Å². The first kappa shape index (κ1) is 49.2. The highest BCUT2D eigenvalue weighted by molar-refractivity contribution is 5.80. The van der Waals surface area contributed by atoms with Gasteiger partial charge in [-0.05, 0) is 12.8 Å². The Hall–Kier alpha value is -1.83. The molecule has 1 aliphatic heterocycles. The maximum absolute atomic E-state index is 13.1. The lowest BCUT2D eigenvalue weighted by molar-refractivity contribution is -0.298. The van der Waals surface area contributed by atoms with Crippen LogP contribution in [0.3, 0.4) is 0 Å². The molecule has 1 amide bonds. The monoisotopic (exact) mass is 760 g/mol. The fourth-order valence-corrected chi connectivity index (χ4v) is 6.86. The molecule has 0 saturated carbocycles. The van der Waals surface area contributed by atoms with Gasteiger partial charge in [-0.3, -0.25) is 9.59 Å². The van der Waals surface area contributed by atoms with Crippen LogP contribution in [-0.2, 0) is 33.3 Å². The highest BCUT2D eigenvalue weighted by Gasteiger charge is 2.50. The molecule has 12 heteroatoms. The van der Waals surface area contributed by atoms with E-state index in [1.165, 1.54) is 96.3 Å². The van der Waals surface area contributed by atoms with E-state index in [4.69, 9.17) is 18.9 Å². The fourth-order valence-electron chi connectivity index (χ4n) is 6.86. The minimum Gasteiger partial charge on any atom is -0.467 e. The Morgan fingerprint density at radius 2 is 1.09 bits per heavy atom. The third-order valence-electron chi connectivity index (χ3n) is 10.2. The van der Waals surface area contributed by atoms with Crippen molar-refractivity contribution in [3.63, 3.8) is 0 Å². The minimum absolute atomic E-state index is 0.292. The van der Waals surface area contributed by atoms with Gasteiger partial charge in [0.2, 0.25) is 5.91 Å². The lowest BCUT2D eigenvalue weighted by atomic mass is 9.98. The lowest BCUT2D eigenvalue weighted by Crippen LogP contribution is -2.62. The van der Waals surface area contributed by atoms with Gasteiger partial charge in [-0.15, -0.1) is 0 Å². The number of hydrogen-bond donors (Lipinski definition) is 5. The molecule has 0 aromatic rings. The summed E-state index contributed by atoms with van der Waals surface area (Å²) in [5.41, 5.74) is 0. The number of methoxy groups -OCH3 is 1. The van der Waals surface area contributed by atoms with E-state index in [1.54, 1.807) is 0 Å². The number of amides is 1. The van der Waals surface area contributed by atoms with Crippen molar-refractivity contribution in [2.24, 2.45) is 0 Å². The second kappa shape index (κ2) is 31.4. The maximum atomic E-state index is 13.1. The smallest absolute Gasteiger partial charge is 0.339 e. The molecular weight excluding hydrogens is 682 g/mol. The van der Waals surface area contributed by atoms with E-state index in [-0.39, 0.29) is 6.61 Å². The molecule has 1 saturated heterocycles. The van der Waals surface area contributed by atoms with E-state index in [0.29, 0.717) is 19.3 Å². The molecule has 53 heavy (non-hydrogen) atoms. The summed E-state index contributed by atoms with van der Waals surface area (Å²) in [6.07, 6.45) is 17.0. The molecule has 1 aliphatic rings. The predicted molar refractivity (Wildman–Crippen MR) is 205 cm³/mol. The highest BCUT2D eigenvalue weighted by atomic mass is 16.7. The second-order valence-electron chi connectivity index (χ2n) is 15.0. The standard InChI is InChI=1S/C41H77NO11/c1-5-7-9-11-13-15-17-18-19-21-22-24-26-28-33(44)32(42-39(48)34(45)29-27-25-23-20-16-14-12-10-8-6-2)30-51-41-36(47)35(46)37(52-31(3)43)38(53-41)40(49)50-4/h32-38,41,44-47H,5-30H2,1-4H3,(H,42,48)/t32-,33+,34-,35+,36+,37+,38-,41-/m0/s1. The van der Waals surface area contributed by atoms with Crippen LogP contribution in [0.15, 0.2) is 0 Å². The number of rotatable bonds is 33. The van der Waals surface area contributed by atoms with E-state index >= 15 is 0 Å². The summed E-state index contributed by atoms with van der Waals surface area (Å²) in [7, 11) is 1.10. The lowest BCUT2D eigenvalue weighted by Gasteiger charge is -2.41. The van der Waals surface area contributed by atoms with Crippen molar-refractivity contribution in [3.05, 3.63) is 0 Å². The first-order chi connectivity index (χ1) is 25.6. The Morgan fingerprint density at radius 3 is 1.53 bits per heavy atom. The van der Waals surface area contributed by atoms with Crippen LogP contribution in [0.2, 0.25) is 0 Å². The molecule has 0 unspecified atom stereocenters. The summed E-state index contributed by atoms with van der Waals surface area (Å²) in [4.78, 5) is 37.1. The Balaban J connectivity index is 2.68. The van der Waals surface area contributed by atoms with Gasteiger partial charge in [-0.1, -0.05) is 162 Å². The van der Waals surface area contributed by atoms with Gasteiger partial charge >= 0.3 is 11.9 Å². The molecule has 0 aliphatic carbocycles. The fraction of sp³-hybridized carbons (Fsp3) is 0.927. The molecule has 0 aromatic heterocycles. The molecule has 5 N–H and O–H groups in total. The Bertz CT molecular complexity index is 938. The Kier molecular flexibility index (Phi) is 29.1. The quantitative estimate of drug-likeness (QED) is 0.0362. The zero-order valence-corrected chi connectivity index (χ0v) is 33.7. The van der Waals surface area contributed by atoms with Gasteiger partial charge in [0.15, 0.2) is 18.5 Å². The van der Waals surface area contributed by atoms with E-state index < -0.39 is 66.8 Å². The van der Waals surface area contributed by atoms with Gasteiger partial charge < -0.3 is 44.7 Å². The van der Waals surface area contributed by atoms with Crippen LogP contribution in [0.25, 0.3) is 0 Å². The molecule has 1 rings (SSSR count). The van der Waals surface area contributed by atoms with E-state index in [9.17, 15) is 34.8 Å². The molecule has 1 fully saturated rings. The first-order valence-corrected chi connectivity index (χ1v) is 21.1. The van der Waals surface area contributed by atoms with Crippen LogP contribution < -0.4 is 5.32 Å². The molecule has 8 atom stereocenters. The number of carbonyl (C=O) groups excluding carboxylic acids is 3. The average Bonchev–Trinajstić information content (AvgIpc) is 3.14. The van der Waals surface area contributed by atoms with E-state index in [1.807, 2.05) is 0 Å². The van der Waals surface area contributed by atoms with Crippen molar-refractivity contribution < 1.29 is 53.8 Å². The SMILES string of the molecule is CCCCCCCCCCCCCCC[C@@H](O)[C@H](CO[C@H]1O[C@H](C(=O)OC)[C@H](OC(C)=O)[C@H](O)[C@H]1O)NC(=O)[C@@H](O)CCCCCCCCCCCC. The summed E-state index contributed by atoms with van der Waals surface area (Å²) in [5, 5.41) is 46.0. The number of ether oxygens (including phenoxy) is 4. The largest absolute Gasteiger partial charge is 0.467 e. The van der Waals surface area contributed by atoms with Gasteiger partial charge in [0.05, 0.1) is 25.9 Å². The van der Waals surface area contributed by atoms with Crippen molar-refractivity contribution in [1.29, 1.82) is 0 Å². The third-order valence-corrected chi connectivity index (χ3v) is 10.2. The Morgan fingerprint density at radius 1 is 0.660 bits per heavy atom. The molecule has 312 valence electrons. The molecule has 0 radical (unpaired) electrons. The molecule has 0 spiro atoms. The van der Waals surface area contributed by atoms with Crippen molar-refractivity contribution in [2.75, 3.05) is 13.7 Å². The van der Waals surface area contributed by atoms with Crippen LogP contribution in [0.5, 0.6) is 0 Å². The van der Waals surface area contributed by atoms with Crippen molar-refractivity contribution in [3.8, 4) is 0 Å². The number of hydrogen-bond acceptors (Lipinski definition) is 11. The summed E-state index contributed by atoms with van der Waals surface area (Å²) < 4.78 is 21.1. The highest BCUT2D eigenvalue weighted by Crippen LogP contribution is 2.26. The number of carbonyl (C=O) groups is 3. The van der Waals surface area contributed by atoms with Crippen molar-refractivity contribution >= 4 is 17.8 Å². The van der Waals surface area contributed by atoms with Crippen LogP contribution >= 0.6 is 0 Å². The normalized spacial score (nSPS) is 21.8. The zero-order valence-electron chi connectivity index (χ0n) is 33.7. The number of aliphatic hydroxyl groups is 4. The number of unbranched alkanes of at least 4 members (excludes halogenated alkanes) is 21. The first-order valence-electron chi connectivity index (χ1n) is 21.1. The molecular formula is C41H77NO11. The molecule has 12 nitrogen and oxygen atoms in total. The van der Waals surface area contributed by atoms with Crippen molar-refractivity contribution in [1.82, 2.24) is 5.32 Å². The summed E-state index contributed by atoms with van der Waals surface area (Å²) in [6.45, 7) is 5.18.